The van der Waals surface area contributed by atoms with Gasteiger partial charge >= 0.3 is 0 Å². The molecule has 0 saturated heterocycles. The number of nitrogen functional groups attached to an aromatic ring is 1. The highest BCUT2D eigenvalue weighted by Gasteiger charge is 2.14. The second kappa shape index (κ2) is 5.45. The third-order valence-corrected chi connectivity index (χ3v) is 3.87. The zero-order valence-corrected chi connectivity index (χ0v) is 11.4. The molecule has 18 heavy (non-hydrogen) atoms. The number of nitrogens with two attached hydrogens (primary N) is 1. The predicted octanol–water partition coefficient (Wildman–Crippen LogP) is 2.81. The van der Waals surface area contributed by atoms with E-state index in [4.69, 9.17) is 11.1 Å². The molecule has 3 N–H and O–H groups in total. The van der Waals surface area contributed by atoms with Gasteiger partial charge in [0.15, 0.2) is 5.82 Å². The summed E-state index contributed by atoms with van der Waals surface area (Å²) in [5, 5.41) is 7.96. The average molecular weight is 327 g/mol. The van der Waals surface area contributed by atoms with E-state index in [-0.39, 0.29) is 10.3 Å². The highest BCUT2D eigenvalue weighted by atomic mass is 79.9. The minimum Gasteiger partial charge on any atom is -0.384 e. The fourth-order valence-corrected chi connectivity index (χ4v) is 2.74. The van der Waals surface area contributed by atoms with Crippen LogP contribution in [0.2, 0.25) is 0 Å². The highest BCUT2D eigenvalue weighted by molar-refractivity contribution is 9.10. The first kappa shape index (κ1) is 13.0. The van der Waals surface area contributed by atoms with E-state index in [2.05, 4.69) is 25.9 Å². The van der Waals surface area contributed by atoms with Crippen molar-refractivity contribution in [3.05, 3.63) is 46.6 Å². The molecule has 2 rings (SSSR count). The molecule has 0 spiro atoms. The van der Waals surface area contributed by atoms with E-state index < -0.39 is 5.82 Å². The summed E-state index contributed by atoms with van der Waals surface area (Å²) in [5.74, 6) is -0.634. The molecule has 4 nitrogen and oxygen atoms in total. The molecule has 1 aromatic heterocycles. The van der Waals surface area contributed by atoms with Crippen LogP contribution in [0.15, 0.2) is 45.1 Å². The van der Waals surface area contributed by atoms with Gasteiger partial charge in [0.2, 0.25) is 0 Å². The molecular formula is C11H8BrFN4S. The number of benzene rings is 1. The van der Waals surface area contributed by atoms with E-state index in [9.17, 15) is 4.39 Å². The Morgan fingerprint density at radius 3 is 2.78 bits per heavy atom. The summed E-state index contributed by atoms with van der Waals surface area (Å²) in [6.45, 7) is 0. The van der Waals surface area contributed by atoms with Crippen molar-refractivity contribution in [2.75, 3.05) is 0 Å². The smallest absolute Gasteiger partial charge is 0.152 e. The van der Waals surface area contributed by atoms with Crippen molar-refractivity contribution in [3.63, 3.8) is 0 Å². The molecule has 2 aromatic rings. The Hall–Kier alpha value is -1.47. The molecule has 0 saturated carbocycles. The van der Waals surface area contributed by atoms with Crippen LogP contribution in [0.1, 0.15) is 5.56 Å². The highest BCUT2D eigenvalue weighted by Crippen LogP contribution is 2.33. The Balaban J connectivity index is 2.36. The number of hydrogen-bond acceptors (Lipinski definition) is 4. The summed E-state index contributed by atoms with van der Waals surface area (Å²) in [5.41, 5.74) is 5.68. The average Bonchev–Trinajstić information content (AvgIpc) is 2.36. The lowest BCUT2D eigenvalue weighted by atomic mass is 10.2. The Kier molecular flexibility index (Phi) is 3.93. The van der Waals surface area contributed by atoms with Gasteiger partial charge in [-0.2, -0.15) is 0 Å². The lowest BCUT2D eigenvalue weighted by Gasteiger charge is -2.07. The molecule has 0 atom stereocenters. The molecule has 0 radical (unpaired) electrons. The normalized spacial score (nSPS) is 10.3. The number of aromatic nitrogens is 2. The first-order chi connectivity index (χ1) is 8.59. The number of rotatable bonds is 3. The van der Waals surface area contributed by atoms with Crippen molar-refractivity contribution in [1.82, 2.24) is 9.97 Å². The van der Waals surface area contributed by atoms with Crippen LogP contribution in [-0.4, -0.2) is 15.8 Å². The summed E-state index contributed by atoms with van der Waals surface area (Å²) in [7, 11) is 0. The maximum absolute atomic E-state index is 14.0. The van der Waals surface area contributed by atoms with Gasteiger partial charge < -0.3 is 5.73 Å². The van der Waals surface area contributed by atoms with E-state index in [1.165, 1.54) is 18.1 Å². The van der Waals surface area contributed by atoms with Gasteiger partial charge in [-0.15, -0.1) is 0 Å². The second-order valence-corrected chi connectivity index (χ2v) is 5.16. The monoisotopic (exact) mass is 326 g/mol. The molecule has 0 aliphatic heterocycles. The third kappa shape index (κ3) is 2.68. The molecule has 92 valence electrons. The first-order valence-electron chi connectivity index (χ1n) is 4.86. The topological polar surface area (TPSA) is 75.7 Å². The van der Waals surface area contributed by atoms with Crippen molar-refractivity contribution in [2.24, 2.45) is 5.73 Å². The predicted molar refractivity (Wildman–Crippen MR) is 71.3 cm³/mol. The molecular weight excluding hydrogens is 319 g/mol. The Bertz CT molecular complexity index is 591. The SMILES string of the molecule is N=C(N)c1ccc(Sc2ccncn2)c(F)c1Br. The number of nitrogens with one attached hydrogen (secondary N) is 1. The number of hydrogen-bond donors (Lipinski definition) is 2. The van der Waals surface area contributed by atoms with Crippen LogP contribution in [0.5, 0.6) is 0 Å². The van der Waals surface area contributed by atoms with Crippen LogP contribution in [-0.2, 0) is 0 Å². The van der Waals surface area contributed by atoms with Crippen LogP contribution in [0.4, 0.5) is 4.39 Å². The van der Waals surface area contributed by atoms with Crippen molar-refractivity contribution in [2.45, 2.75) is 9.92 Å². The maximum Gasteiger partial charge on any atom is 0.152 e. The number of amidine groups is 1. The fourth-order valence-electron chi connectivity index (χ4n) is 1.27. The summed E-state index contributed by atoms with van der Waals surface area (Å²) >= 11 is 4.28. The van der Waals surface area contributed by atoms with Gasteiger partial charge in [0.1, 0.15) is 17.2 Å². The number of nitrogens with zero attached hydrogens (tertiary/aromatic N) is 2. The summed E-state index contributed by atoms with van der Waals surface area (Å²) in [6, 6.07) is 4.86. The molecule has 7 heteroatoms. The van der Waals surface area contributed by atoms with Crippen LogP contribution in [0.3, 0.4) is 0 Å². The summed E-state index contributed by atoms with van der Waals surface area (Å²) in [4.78, 5) is 8.21. The zero-order valence-electron chi connectivity index (χ0n) is 9.02. The summed E-state index contributed by atoms with van der Waals surface area (Å²) < 4.78 is 14.2. The first-order valence-corrected chi connectivity index (χ1v) is 6.47. The minimum absolute atomic E-state index is 0.181. The van der Waals surface area contributed by atoms with Crippen LogP contribution >= 0.6 is 27.7 Å². The molecule has 1 heterocycles. The van der Waals surface area contributed by atoms with Crippen LogP contribution < -0.4 is 5.73 Å². The second-order valence-electron chi connectivity index (χ2n) is 3.30. The third-order valence-electron chi connectivity index (χ3n) is 2.11. The van der Waals surface area contributed by atoms with Crippen molar-refractivity contribution < 1.29 is 4.39 Å². The standard InChI is InChI=1S/C11H8BrFN4S/c12-9-6(11(14)15)1-2-7(10(9)13)18-8-3-4-16-5-17-8/h1-5H,(H3,14,15). The molecule has 0 unspecified atom stereocenters. The molecule has 0 aliphatic rings. The van der Waals surface area contributed by atoms with E-state index in [1.807, 2.05) is 0 Å². The quantitative estimate of drug-likeness (QED) is 0.516. The van der Waals surface area contributed by atoms with Crippen molar-refractivity contribution in [3.8, 4) is 0 Å². The van der Waals surface area contributed by atoms with Gasteiger partial charge in [0.25, 0.3) is 0 Å². The van der Waals surface area contributed by atoms with Gasteiger partial charge in [-0.05, 0) is 34.1 Å². The molecule has 0 amide bonds. The largest absolute Gasteiger partial charge is 0.384 e. The van der Waals surface area contributed by atoms with E-state index in [0.29, 0.717) is 15.5 Å². The number of halogens is 2. The van der Waals surface area contributed by atoms with Crippen molar-refractivity contribution in [1.29, 1.82) is 5.41 Å². The van der Waals surface area contributed by atoms with Crippen LogP contribution in [0.25, 0.3) is 0 Å². The molecule has 1 aromatic carbocycles. The lowest BCUT2D eigenvalue weighted by Crippen LogP contribution is -2.12. The lowest BCUT2D eigenvalue weighted by molar-refractivity contribution is 0.594. The molecule has 0 bridgehead atoms. The maximum atomic E-state index is 14.0. The van der Waals surface area contributed by atoms with Crippen LogP contribution in [0, 0.1) is 11.2 Å². The van der Waals surface area contributed by atoms with Gasteiger partial charge in [-0.25, -0.2) is 14.4 Å². The Morgan fingerprint density at radius 1 is 1.39 bits per heavy atom. The zero-order chi connectivity index (χ0) is 13.1. The molecule has 0 aliphatic carbocycles. The molecule has 0 fully saturated rings. The van der Waals surface area contributed by atoms with E-state index in [0.717, 1.165) is 0 Å². The van der Waals surface area contributed by atoms with Gasteiger partial charge in [-0.3, -0.25) is 5.41 Å². The van der Waals surface area contributed by atoms with E-state index in [1.54, 1.807) is 24.4 Å². The summed E-state index contributed by atoms with van der Waals surface area (Å²) in [6.07, 6.45) is 2.99. The Labute approximate surface area is 115 Å². The Morgan fingerprint density at radius 2 is 2.17 bits per heavy atom. The van der Waals surface area contributed by atoms with Gasteiger partial charge in [0.05, 0.1) is 9.37 Å². The van der Waals surface area contributed by atoms with Crippen molar-refractivity contribution >= 4 is 33.5 Å². The minimum atomic E-state index is -0.452. The fraction of sp³-hybridized carbons (Fsp3) is 0. The van der Waals surface area contributed by atoms with Gasteiger partial charge in [0, 0.05) is 11.8 Å². The van der Waals surface area contributed by atoms with E-state index >= 15 is 0 Å². The van der Waals surface area contributed by atoms with Gasteiger partial charge in [-0.1, -0.05) is 11.8 Å².